The lowest BCUT2D eigenvalue weighted by molar-refractivity contribution is -0.130. The molecule has 0 aromatic carbocycles. The van der Waals surface area contributed by atoms with Crippen LogP contribution in [0, 0.1) is 0 Å². The summed E-state index contributed by atoms with van der Waals surface area (Å²) in [5.74, 6) is -1.28. The molecule has 1 amide bonds. The zero-order valence-electron chi connectivity index (χ0n) is 14.0. The lowest BCUT2D eigenvalue weighted by Crippen LogP contribution is -2.34. The fourth-order valence-corrected chi connectivity index (χ4v) is 4.31. The minimum absolute atomic E-state index is 0.0478. The van der Waals surface area contributed by atoms with Gasteiger partial charge in [-0.05, 0) is 36.7 Å². The Morgan fingerprint density at radius 3 is 2.60 bits per heavy atom. The quantitative estimate of drug-likeness (QED) is 0.745. The van der Waals surface area contributed by atoms with Crippen molar-refractivity contribution in [2.45, 2.75) is 26.0 Å². The molecule has 0 saturated carbocycles. The first-order valence-corrected chi connectivity index (χ1v) is 9.74. The summed E-state index contributed by atoms with van der Waals surface area (Å²) in [4.78, 5) is 28.4. The molecule has 0 fully saturated rings. The predicted molar refractivity (Wildman–Crippen MR) is 98.2 cm³/mol. The van der Waals surface area contributed by atoms with E-state index < -0.39 is 17.7 Å². The third kappa shape index (κ3) is 3.53. The Balaban J connectivity index is 1.94. The van der Waals surface area contributed by atoms with Crippen molar-refractivity contribution in [3.8, 4) is 0 Å². The third-order valence-electron chi connectivity index (χ3n) is 3.89. The maximum atomic E-state index is 12.9. The van der Waals surface area contributed by atoms with Crippen LogP contribution < -0.4 is 0 Å². The molecule has 3 rings (SSSR count). The van der Waals surface area contributed by atoms with Crippen molar-refractivity contribution in [3.63, 3.8) is 0 Å². The molecule has 0 saturated heterocycles. The number of thiophene rings is 2. The average Bonchev–Trinajstić information content (AvgIpc) is 3.31. The number of rotatable bonds is 7. The standard InChI is InChI=1S/C18H19NO4S2/c1-11(2)23-8-7-19-15(12-5-3-9-24-12)14(17(21)18(19)22)16(20)13-6-4-10-25-13/h3-6,9-11,15,21H,7-8H2,1-2H3. The van der Waals surface area contributed by atoms with Gasteiger partial charge in [-0.2, -0.15) is 0 Å². The molecular weight excluding hydrogens is 358 g/mol. The molecule has 3 heterocycles. The second-order valence-electron chi connectivity index (χ2n) is 5.90. The van der Waals surface area contributed by atoms with E-state index >= 15 is 0 Å². The Hall–Kier alpha value is -1.96. The second-order valence-corrected chi connectivity index (χ2v) is 7.83. The highest BCUT2D eigenvalue weighted by atomic mass is 32.1. The number of Topliss-reactive ketones (excluding diaryl/α,β-unsaturated/α-hetero) is 1. The van der Waals surface area contributed by atoms with Crippen molar-refractivity contribution in [1.82, 2.24) is 4.90 Å². The van der Waals surface area contributed by atoms with Gasteiger partial charge in [-0.1, -0.05) is 12.1 Å². The Labute approximate surface area is 154 Å². The molecule has 0 bridgehead atoms. The van der Waals surface area contributed by atoms with Crippen LogP contribution in [0.3, 0.4) is 0 Å². The first-order chi connectivity index (χ1) is 12.0. The van der Waals surface area contributed by atoms with Crippen molar-refractivity contribution >= 4 is 34.4 Å². The van der Waals surface area contributed by atoms with Crippen LogP contribution in [-0.2, 0) is 9.53 Å². The SMILES string of the molecule is CC(C)OCCN1C(=O)C(O)=C(C(=O)c2cccs2)C1c1cccs1. The smallest absolute Gasteiger partial charge is 0.290 e. The number of hydrogen-bond acceptors (Lipinski definition) is 6. The number of nitrogens with zero attached hydrogens (tertiary/aromatic N) is 1. The highest BCUT2D eigenvalue weighted by molar-refractivity contribution is 7.12. The highest BCUT2D eigenvalue weighted by Gasteiger charge is 2.44. The summed E-state index contributed by atoms with van der Waals surface area (Å²) in [5.41, 5.74) is 0.152. The van der Waals surface area contributed by atoms with Crippen LogP contribution >= 0.6 is 22.7 Å². The number of hydrogen-bond donors (Lipinski definition) is 1. The summed E-state index contributed by atoms with van der Waals surface area (Å²) in [5, 5.41) is 14.1. The van der Waals surface area contributed by atoms with Crippen LogP contribution in [0.4, 0.5) is 0 Å². The number of ketones is 1. The van der Waals surface area contributed by atoms with Gasteiger partial charge in [-0.15, -0.1) is 22.7 Å². The van der Waals surface area contributed by atoms with Gasteiger partial charge in [0, 0.05) is 11.4 Å². The van der Waals surface area contributed by atoms with E-state index in [1.807, 2.05) is 31.4 Å². The van der Waals surface area contributed by atoms with Gasteiger partial charge in [0.15, 0.2) is 5.76 Å². The van der Waals surface area contributed by atoms with Gasteiger partial charge < -0.3 is 14.7 Å². The first-order valence-electron chi connectivity index (χ1n) is 7.98. The van der Waals surface area contributed by atoms with E-state index in [4.69, 9.17) is 4.74 Å². The zero-order chi connectivity index (χ0) is 18.0. The summed E-state index contributed by atoms with van der Waals surface area (Å²) < 4.78 is 5.55. The van der Waals surface area contributed by atoms with E-state index in [0.29, 0.717) is 18.0 Å². The van der Waals surface area contributed by atoms with Crippen molar-refractivity contribution in [3.05, 3.63) is 56.1 Å². The molecule has 132 valence electrons. The van der Waals surface area contributed by atoms with E-state index in [1.54, 1.807) is 17.5 Å². The van der Waals surface area contributed by atoms with Crippen LogP contribution in [0.25, 0.3) is 0 Å². The maximum absolute atomic E-state index is 12.9. The molecule has 1 atom stereocenters. The van der Waals surface area contributed by atoms with Crippen LogP contribution in [0.1, 0.15) is 34.4 Å². The molecule has 0 aliphatic carbocycles. The van der Waals surface area contributed by atoms with E-state index in [0.717, 1.165) is 4.88 Å². The summed E-state index contributed by atoms with van der Waals surface area (Å²) in [6.07, 6.45) is 0.0478. The lowest BCUT2D eigenvalue weighted by Gasteiger charge is -2.25. The maximum Gasteiger partial charge on any atom is 0.290 e. The van der Waals surface area contributed by atoms with Crippen molar-refractivity contribution < 1.29 is 19.4 Å². The summed E-state index contributed by atoms with van der Waals surface area (Å²) in [6.45, 7) is 4.50. The van der Waals surface area contributed by atoms with Gasteiger partial charge >= 0.3 is 0 Å². The van der Waals surface area contributed by atoms with Crippen LogP contribution in [-0.4, -0.2) is 41.0 Å². The van der Waals surface area contributed by atoms with Gasteiger partial charge in [-0.25, -0.2) is 0 Å². The van der Waals surface area contributed by atoms with Gasteiger partial charge in [-0.3, -0.25) is 9.59 Å². The minimum Gasteiger partial charge on any atom is -0.503 e. The zero-order valence-corrected chi connectivity index (χ0v) is 15.6. The van der Waals surface area contributed by atoms with E-state index in [9.17, 15) is 14.7 Å². The molecule has 0 spiro atoms. The molecule has 1 aliphatic heterocycles. The van der Waals surface area contributed by atoms with Crippen LogP contribution in [0.15, 0.2) is 46.4 Å². The fraction of sp³-hybridized carbons (Fsp3) is 0.333. The number of carbonyl (C=O) groups is 2. The third-order valence-corrected chi connectivity index (χ3v) is 5.68. The molecule has 2 aromatic rings. The number of amides is 1. The first kappa shape index (κ1) is 17.8. The fourth-order valence-electron chi connectivity index (χ4n) is 2.79. The number of aliphatic hydroxyl groups excluding tert-OH is 1. The summed E-state index contributed by atoms with van der Waals surface area (Å²) in [7, 11) is 0. The Bertz CT molecular complexity index is 778. The largest absolute Gasteiger partial charge is 0.503 e. The second kappa shape index (κ2) is 7.51. The molecule has 0 radical (unpaired) electrons. The van der Waals surface area contributed by atoms with Crippen molar-refractivity contribution in [1.29, 1.82) is 0 Å². The van der Waals surface area contributed by atoms with Gasteiger partial charge in [0.2, 0.25) is 5.78 Å². The van der Waals surface area contributed by atoms with E-state index in [1.165, 1.54) is 27.6 Å². The topological polar surface area (TPSA) is 66.8 Å². The van der Waals surface area contributed by atoms with Crippen LogP contribution in [0.5, 0.6) is 0 Å². The lowest BCUT2D eigenvalue weighted by atomic mass is 10.0. The van der Waals surface area contributed by atoms with Crippen LogP contribution in [0.2, 0.25) is 0 Å². The molecule has 1 unspecified atom stereocenters. The monoisotopic (exact) mass is 377 g/mol. The number of carbonyl (C=O) groups excluding carboxylic acids is 2. The summed E-state index contributed by atoms with van der Waals surface area (Å²) >= 11 is 2.75. The van der Waals surface area contributed by atoms with E-state index in [-0.39, 0.29) is 17.5 Å². The normalized spacial score (nSPS) is 17.8. The van der Waals surface area contributed by atoms with Gasteiger partial charge in [0.05, 0.1) is 29.2 Å². The molecule has 2 aromatic heterocycles. The molecule has 5 nitrogen and oxygen atoms in total. The highest BCUT2D eigenvalue weighted by Crippen LogP contribution is 2.40. The Kier molecular flexibility index (Phi) is 5.36. The molecule has 1 aliphatic rings. The average molecular weight is 377 g/mol. The Morgan fingerprint density at radius 2 is 2.00 bits per heavy atom. The van der Waals surface area contributed by atoms with E-state index in [2.05, 4.69) is 0 Å². The predicted octanol–water partition coefficient (Wildman–Crippen LogP) is 3.81. The Morgan fingerprint density at radius 1 is 1.28 bits per heavy atom. The van der Waals surface area contributed by atoms with Crippen molar-refractivity contribution in [2.75, 3.05) is 13.2 Å². The van der Waals surface area contributed by atoms with Crippen molar-refractivity contribution in [2.24, 2.45) is 0 Å². The molecule has 1 N–H and O–H groups in total. The molecule has 7 heteroatoms. The van der Waals surface area contributed by atoms with Gasteiger partial charge in [0.1, 0.15) is 0 Å². The molecular formula is C18H19NO4S2. The molecule has 25 heavy (non-hydrogen) atoms. The number of aliphatic hydroxyl groups is 1. The van der Waals surface area contributed by atoms with Gasteiger partial charge in [0.25, 0.3) is 5.91 Å². The summed E-state index contributed by atoms with van der Waals surface area (Å²) in [6, 6.07) is 6.65. The minimum atomic E-state index is -0.571. The number of ether oxygens (including phenoxy) is 1.